The summed E-state index contributed by atoms with van der Waals surface area (Å²) in [6.45, 7) is 7.78. The smallest absolute Gasteiger partial charge is 0.219 e. The number of ether oxygens (including phenoxy) is 1. The predicted octanol–water partition coefficient (Wildman–Crippen LogP) is 3.87. The zero-order chi connectivity index (χ0) is 24.1. The van der Waals surface area contributed by atoms with Crippen LogP contribution in [0.25, 0.3) is 11.1 Å². The summed E-state index contributed by atoms with van der Waals surface area (Å²) < 4.78 is 9.80. The third-order valence-electron chi connectivity index (χ3n) is 7.95. The van der Waals surface area contributed by atoms with Crippen LogP contribution in [0.2, 0.25) is 0 Å². The first-order chi connectivity index (χ1) is 17.0. The van der Waals surface area contributed by atoms with E-state index in [1.165, 1.54) is 28.1 Å². The fourth-order valence-corrected chi connectivity index (χ4v) is 5.90. The van der Waals surface area contributed by atoms with E-state index in [4.69, 9.17) is 9.84 Å². The summed E-state index contributed by atoms with van der Waals surface area (Å²) in [6.07, 6.45) is 8.01. The third kappa shape index (κ3) is 3.93. The minimum absolute atomic E-state index is 0.130. The SMILES string of the molecule is CC[C@@H]1Cc2cc(-c3cnn(C)c3)ccc2N(c2nn([C@@H]3CCOC3)c3c2CN(C(C)=O)CC3)C1. The molecule has 2 aromatic heterocycles. The molecule has 1 saturated heterocycles. The van der Waals surface area contributed by atoms with Gasteiger partial charge in [-0.05, 0) is 42.0 Å². The van der Waals surface area contributed by atoms with Crippen LogP contribution in [-0.2, 0) is 36.0 Å². The Labute approximate surface area is 206 Å². The van der Waals surface area contributed by atoms with Crippen LogP contribution in [0.3, 0.4) is 0 Å². The van der Waals surface area contributed by atoms with E-state index >= 15 is 0 Å². The van der Waals surface area contributed by atoms with Crippen molar-refractivity contribution in [2.24, 2.45) is 13.0 Å². The van der Waals surface area contributed by atoms with Crippen molar-refractivity contribution in [2.75, 3.05) is 31.2 Å². The number of rotatable bonds is 4. The van der Waals surface area contributed by atoms with Gasteiger partial charge in [-0.15, -0.1) is 0 Å². The second-order valence-electron chi connectivity index (χ2n) is 10.2. The highest BCUT2D eigenvalue weighted by atomic mass is 16.5. The third-order valence-corrected chi connectivity index (χ3v) is 7.95. The molecule has 1 amide bonds. The van der Waals surface area contributed by atoms with Gasteiger partial charge in [-0.25, -0.2) is 0 Å². The molecule has 3 aliphatic rings. The summed E-state index contributed by atoms with van der Waals surface area (Å²) in [5.74, 6) is 1.70. The molecule has 1 fully saturated rings. The van der Waals surface area contributed by atoms with Crippen LogP contribution in [0.15, 0.2) is 30.6 Å². The fraction of sp³-hybridized carbons (Fsp3) is 0.519. The number of amides is 1. The summed E-state index contributed by atoms with van der Waals surface area (Å²) >= 11 is 0. The van der Waals surface area contributed by atoms with Crippen LogP contribution >= 0.6 is 0 Å². The number of aromatic nitrogens is 4. The number of benzene rings is 1. The highest BCUT2D eigenvalue weighted by Crippen LogP contribution is 2.42. The van der Waals surface area contributed by atoms with Gasteiger partial charge >= 0.3 is 0 Å². The van der Waals surface area contributed by atoms with Gasteiger partial charge < -0.3 is 14.5 Å². The largest absolute Gasteiger partial charge is 0.379 e. The summed E-state index contributed by atoms with van der Waals surface area (Å²) in [6, 6.07) is 7.06. The number of carbonyl (C=O) groups excluding carboxylic acids is 1. The molecule has 3 aliphatic heterocycles. The predicted molar refractivity (Wildman–Crippen MR) is 135 cm³/mol. The molecular formula is C27H34N6O2. The molecule has 2 atom stereocenters. The first-order valence-electron chi connectivity index (χ1n) is 12.8. The molecule has 5 heterocycles. The molecule has 8 nitrogen and oxygen atoms in total. The van der Waals surface area contributed by atoms with Crippen LogP contribution < -0.4 is 4.90 Å². The number of aryl methyl sites for hydroxylation is 1. The maximum absolute atomic E-state index is 12.3. The Hall–Kier alpha value is -3.13. The molecule has 184 valence electrons. The Bertz CT molecular complexity index is 1250. The van der Waals surface area contributed by atoms with Crippen LogP contribution in [0.4, 0.5) is 11.5 Å². The number of fused-ring (bicyclic) bond motifs is 2. The van der Waals surface area contributed by atoms with Gasteiger partial charge in [0.2, 0.25) is 5.91 Å². The van der Waals surface area contributed by atoms with Crippen molar-refractivity contribution in [3.63, 3.8) is 0 Å². The van der Waals surface area contributed by atoms with Crippen molar-refractivity contribution in [3.05, 3.63) is 47.4 Å². The highest BCUT2D eigenvalue weighted by Gasteiger charge is 2.35. The van der Waals surface area contributed by atoms with E-state index in [-0.39, 0.29) is 11.9 Å². The van der Waals surface area contributed by atoms with Crippen LogP contribution in [0.1, 0.15) is 49.6 Å². The number of hydrogen-bond acceptors (Lipinski definition) is 5. The van der Waals surface area contributed by atoms with E-state index in [0.717, 1.165) is 56.8 Å². The lowest BCUT2D eigenvalue weighted by molar-refractivity contribution is -0.129. The van der Waals surface area contributed by atoms with Crippen molar-refractivity contribution in [1.29, 1.82) is 0 Å². The Morgan fingerprint density at radius 1 is 1.26 bits per heavy atom. The van der Waals surface area contributed by atoms with Gasteiger partial charge in [-0.3, -0.25) is 14.2 Å². The number of hydrogen-bond donors (Lipinski definition) is 0. The molecule has 0 N–H and O–H groups in total. The topological polar surface area (TPSA) is 68.4 Å². The first-order valence-corrected chi connectivity index (χ1v) is 12.8. The monoisotopic (exact) mass is 474 g/mol. The second kappa shape index (κ2) is 8.82. The highest BCUT2D eigenvalue weighted by molar-refractivity contribution is 5.76. The molecule has 0 aliphatic carbocycles. The molecule has 0 unspecified atom stereocenters. The van der Waals surface area contributed by atoms with Crippen molar-refractivity contribution in [3.8, 4) is 11.1 Å². The Kier molecular flexibility index (Phi) is 5.63. The Balaban J connectivity index is 1.45. The van der Waals surface area contributed by atoms with E-state index in [1.54, 1.807) is 6.92 Å². The van der Waals surface area contributed by atoms with Crippen molar-refractivity contribution in [1.82, 2.24) is 24.5 Å². The van der Waals surface area contributed by atoms with Gasteiger partial charge in [0.15, 0.2) is 5.82 Å². The zero-order valence-electron chi connectivity index (χ0n) is 20.9. The molecule has 35 heavy (non-hydrogen) atoms. The summed E-state index contributed by atoms with van der Waals surface area (Å²) in [4.78, 5) is 16.7. The summed E-state index contributed by atoms with van der Waals surface area (Å²) in [5, 5.41) is 9.61. The number of carbonyl (C=O) groups is 1. The van der Waals surface area contributed by atoms with Crippen LogP contribution in [0.5, 0.6) is 0 Å². The van der Waals surface area contributed by atoms with Gasteiger partial charge in [-0.1, -0.05) is 19.4 Å². The lowest BCUT2D eigenvalue weighted by atomic mass is 9.88. The average Bonchev–Trinajstić information content (AvgIpc) is 3.62. The van der Waals surface area contributed by atoms with Gasteiger partial charge in [0.1, 0.15) is 0 Å². The van der Waals surface area contributed by atoms with Gasteiger partial charge in [0, 0.05) is 68.8 Å². The van der Waals surface area contributed by atoms with E-state index in [9.17, 15) is 4.79 Å². The first kappa shape index (κ1) is 22.3. The van der Waals surface area contributed by atoms with Crippen molar-refractivity contribution < 1.29 is 9.53 Å². The molecule has 0 spiro atoms. The average molecular weight is 475 g/mol. The quantitative estimate of drug-likeness (QED) is 0.574. The van der Waals surface area contributed by atoms with E-state index in [0.29, 0.717) is 19.1 Å². The Morgan fingerprint density at radius 3 is 2.86 bits per heavy atom. The molecule has 3 aromatic rings. The van der Waals surface area contributed by atoms with E-state index in [2.05, 4.69) is 46.0 Å². The minimum Gasteiger partial charge on any atom is -0.379 e. The summed E-state index contributed by atoms with van der Waals surface area (Å²) in [5.41, 5.74) is 7.42. The van der Waals surface area contributed by atoms with E-state index < -0.39 is 0 Å². The zero-order valence-corrected chi connectivity index (χ0v) is 20.9. The molecule has 0 radical (unpaired) electrons. The van der Waals surface area contributed by atoms with Crippen LogP contribution in [0, 0.1) is 5.92 Å². The fourth-order valence-electron chi connectivity index (χ4n) is 5.90. The molecule has 8 heteroatoms. The van der Waals surface area contributed by atoms with Crippen molar-refractivity contribution in [2.45, 2.75) is 52.1 Å². The Morgan fingerprint density at radius 2 is 2.14 bits per heavy atom. The summed E-state index contributed by atoms with van der Waals surface area (Å²) in [7, 11) is 1.95. The van der Waals surface area contributed by atoms with Gasteiger partial charge in [-0.2, -0.15) is 10.2 Å². The van der Waals surface area contributed by atoms with Gasteiger partial charge in [0.25, 0.3) is 0 Å². The lowest BCUT2D eigenvalue weighted by Gasteiger charge is -2.36. The maximum Gasteiger partial charge on any atom is 0.219 e. The van der Waals surface area contributed by atoms with Crippen LogP contribution in [-0.4, -0.2) is 56.7 Å². The maximum atomic E-state index is 12.3. The minimum atomic E-state index is 0.130. The van der Waals surface area contributed by atoms with Crippen molar-refractivity contribution >= 4 is 17.4 Å². The molecule has 0 bridgehead atoms. The normalized spacial score (nSPS) is 21.8. The molecule has 6 rings (SSSR count). The molecule has 0 saturated carbocycles. The second-order valence-corrected chi connectivity index (χ2v) is 10.2. The molecule has 1 aromatic carbocycles. The van der Waals surface area contributed by atoms with E-state index in [1.807, 2.05) is 22.8 Å². The molecular weight excluding hydrogens is 440 g/mol. The number of nitrogens with zero attached hydrogens (tertiary/aromatic N) is 6. The standard InChI is InChI=1S/C27H34N6O2/c1-4-19-11-21-12-20(22-13-28-30(3)15-22)5-6-25(21)32(14-19)27-24-16-31(18(2)34)9-7-26(24)33(29-27)23-8-10-35-17-23/h5-6,12-13,15,19,23H,4,7-11,14,16-17H2,1-3H3/t19-,23-/m1/s1. The lowest BCUT2D eigenvalue weighted by Crippen LogP contribution is -2.36. The number of anilines is 2. The van der Waals surface area contributed by atoms with Gasteiger partial charge in [0.05, 0.1) is 25.4 Å².